The van der Waals surface area contributed by atoms with Gasteiger partial charge in [-0.3, -0.25) is 9.59 Å². The summed E-state index contributed by atoms with van der Waals surface area (Å²) in [6.45, 7) is 1.75. The van der Waals surface area contributed by atoms with E-state index in [1.165, 1.54) is 11.9 Å². The second-order valence-corrected chi connectivity index (χ2v) is 8.06. The van der Waals surface area contributed by atoms with Crippen LogP contribution in [0.25, 0.3) is 0 Å². The van der Waals surface area contributed by atoms with Gasteiger partial charge >= 0.3 is 0 Å². The maximum absolute atomic E-state index is 13.0. The number of hydrogen-bond acceptors (Lipinski definition) is 3. The van der Waals surface area contributed by atoms with Crippen LogP contribution in [0.3, 0.4) is 0 Å². The molecular weight excluding hydrogens is 514 g/mol. The van der Waals surface area contributed by atoms with E-state index >= 15 is 0 Å². The molecule has 2 aromatic carbocycles. The van der Waals surface area contributed by atoms with Crippen molar-refractivity contribution < 1.29 is 14.3 Å². The van der Waals surface area contributed by atoms with Crippen molar-refractivity contribution in [3.05, 3.63) is 61.6 Å². The molecule has 0 aliphatic rings. The van der Waals surface area contributed by atoms with Crippen LogP contribution in [0.5, 0.6) is 5.75 Å². The zero-order valence-corrected chi connectivity index (χ0v) is 19.2. The number of carbonyl (C=O) groups is 2. The van der Waals surface area contributed by atoms with E-state index in [9.17, 15) is 9.59 Å². The average molecular weight is 535 g/mol. The predicted octanol–water partition coefficient (Wildman–Crippen LogP) is 4.53. The smallest absolute Gasteiger partial charge is 0.261 e. The van der Waals surface area contributed by atoms with Crippen LogP contribution in [-0.2, 0) is 16.1 Å². The lowest BCUT2D eigenvalue weighted by Gasteiger charge is -2.30. The number of nitrogens with zero attached hydrogens (tertiary/aromatic N) is 1. The molecular formula is C20H21Cl2IN2O3. The Kier molecular flexibility index (Phi) is 8.85. The summed E-state index contributed by atoms with van der Waals surface area (Å²) in [6, 6.07) is 11.8. The highest BCUT2D eigenvalue weighted by molar-refractivity contribution is 14.1. The molecule has 0 spiro atoms. The molecule has 0 aromatic heterocycles. The first-order chi connectivity index (χ1) is 13.4. The Balaban J connectivity index is 2.24. The molecule has 2 amide bonds. The normalized spacial score (nSPS) is 11.6. The third-order valence-electron chi connectivity index (χ3n) is 4.20. The molecule has 0 aliphatic carbocycles. The van der Waals surface area contributed by atoms with Crippen LogP contribution in [0.2, 0.25) is 10.0 Å². The molecule has 150 valence electrons. The van der Waals surface area contributed by atoms with Crippen LogP contribution in [0.1, 0.15) is 18.9 Å². The van der Waals surface area contributed by atoms with Crippen molar-refractivity contribution in [2.75, 3.05) is 13.7 Å². The van der Waals surface area contributed by atoms with Gasteiger partial charge in [-0.1, -0.05) is 36.2 Å². The molecule has 28 heavy (non-hydrogen) atoms. The zero-order chi connectivity index (χ0) is 20.7. The number of benzene rings is 2. The number of nitrogens with one attached hydrogen (secondary N) is 1. The van der Waals surface area contributed by atoms with Gasteiger partial charge in [0.1, 0.15) is 11.8 Å². The third kappa shape index (κ3) is 5.99. The Morgan fingerprint density at radius 3 is 2.29 bits per heavy atom. The second kappa shape index (κ2) is 10.9. The van der Waals surface area contributed by atoms with Gasteiger partial charge in [-0.15, -0.1) is 0 Å². The highest BCUT2D eigenvalue weighted by atomic mass is 127. The van der Waals surface area contributed by atoms with Gasteiger partial charge in [0.25, 0.3) is 5.91 Å². The topological polar surface area (TPSA) is 58.6 Å². The molecule has 0 fully saturated rings. The van der Waals surface area contributed by atoms with Crippen molar-refractivity contribution in [1.29, 1.82) is 0 Å². The van der Waals surface area contributed by atoms with Gasteiger partial charge in [-0.05, 0) is 65.4 Å². The molecule has 8 heteroatoms. The Bertz CT molecular complexity index is 810. The molecule has 2 rings (SSSR count). The number of ether oxygens (including phenoxy) is 1. The molecule has 0 aliphatic heterocycles. The van der Waals surface area contributed by atoms with E-state index in [0.717, 1.165) is 3.57 Å². The second-order valence-electron chi connectivity index (χ2n) is 6.00. The van der Waals surface area contributed by atoms with E-state index in [0.29, 0.717) is 27.8 Å². The first-order valence-electron chi connectivity index (χ1n) is 8.69. The van der Waals surface area contributed by atoms with Gasteiger partial charge in [0.2, 0.25) is 5.91 Å². The summed E-state index contributed by atoms with van der Waals surface area (Å²) in [6.07, 6.45) is 0.441. The molecule has 0 heterocycles. The standard InChI is InChI=1S/C20H21Cl2IN2O3/c1-3-18(20(27)24-2)25(11-15-16(21)5-4-6-17(15)22)19(26)12-28-14-9-7-13(23)8-10-14/h4-10,18H,3,11-12H2,1-2H3,(H,24,27)/t18-/m0/s1. The average Bonchev–Trinajstić information content (AvgIpc) is 2.69. The number of hydrogen-bond donors (Lipinski definition) is 1. The van der Waals surface area contributed by atoms with Gasteiger partial charge < -0.3 is 15.0 Å². The minimum absolute atomic E-state index is 0.110. The van der Waals surface area contributed by atoms with Crippen LogP contribution in [0.15, 0.2) is 42.5 Å². The van der Waals surface area contributed by atoms with Crippen molar-refractivity contribution >= 4 is 57.6 Å². The summed E-state index contributed by atoms with van der Waals surface area (Å²) in [5.41, 5.74) is 0.593. The minimum atomic E-state index is -0.662. The lowest BCUT2D eigenvalue weighted by atomic mass is 10.1. The summed E-state index contributed by atoms with van der Waals surface area (Å²) in [4.78, 5) is 26.8. The highest BCUT2D eigenvalue weighted by Gasteiger charge is 2.29. The molecule has 1 N–H and O–H groups in total. The van der Waals surface area contributed by atoms with E-state index in [1.54, 1.807) is 30.3 Å². The fourth-order valence-electron chi connectivity index (χ4n) is 2.70. The van der Waals surface area contributed by atoms with Crippen LogP contribution < -0.4 is 10.1 Å². The predicted molar refractivity (Wildman–Crippen MR) is 120 cm³/mol. The minimum Gasteiger partial charge on any atom is -0.484 e. The van der Waals surface area contributed by atoms with Crippen LogP contribution in [0.4, 0.5) is 0 Å². The number of amides is 2. The summed E-state index contributed by atoms with van der Waals surface area (Å²) >= 11 is 14.7. The van der Waals surface area contributed by atoms with Crippen molar-refractivity contribution in [1.82, 2.24) is 10.2 Å². The Labute approximate surface area is 188 Å². The molecule has 0 bridgehead atoms. The monoisotopic (exact) mass is 534 g/mol. The number of carbonyl (C=O) groups excluding carboxylic acids is 2. The van der Waals surface area contributed by atoms with Crippen molar-refractivity contribution in [3.63, 3.8) is 0 Å². The lowest BCUT2D eigenvalue weighted by Crippen LogP contribution is -2.49. The quantitative estimate of drug-likeness (QED) is 0.506. The molecule has 0 saturated heterocycles. The van der Waals surface area contributed by atoms with E-state index in [2.05, 4.69) is 27.9 Å². The number of halogens is 3. The largest absolute Gasteiger partial charge is 0.484 e. The van der Waals surface area contributed by atoms with Crippen molar-refractivity contribution in [3.8, 4) is 5.75 Å². The van der Waals surface area contributed by atoms with Crippen LogP contribution in [0, 0.1) is 3.57 Å². The zero-order valence-electron chi connectivity index (χ0n) is 15.5. The Morgan fingerprint density at radius 1 is 1.14 bits per heavy atom. The van der Waals surface area contributed by atoms with Crippen molar-refractivity contribution in [2.24, 2.45) is 0 Å². The maximum atomic E-state index is 13.0. The Morgan fingerprint density at radius 2 is 1.75 bits per heavy atom. The van der Waals surface area contributed by atoms with E-state index in [-0.39, 0.29) is 25.0 Å². The van der Waals surface area contributed by atoms with E-state index < -0.39 is 6.04 Å². The number of rotatable bonds is 8. The summed E-state index contributed by atoms with van der Waals surface area (Å²) in [5, 5.41) is 3.49. The maximum Gasteiger partial charge on any atom is 0.261 e. The van der Waals surface area contributed by atoms with Gasteiger partial charge in [-0.2, -0.15) is 0 Å². The molecule has 0 radical (unpaired) electrons. The van der Waals surface area contributed by atoms with Gasteiger partial charge in [0.05, 0.1) is 0 Å². The van der Waals surface area contributed by atoms with Gasteiger partial charge in [0.15, 0.2) is 6.61 Å². The third-order valence-corrected chi connectivity index (χ3v) is 5.63. The fraction of sp³-hybridized carbons (Fsp3) is 0.300. The van der Waals surface area contributed by atoms with E-state index in [4.69, 9.17) is 27.9 Å². The molecule has 0 saturated carbocycles. The number of likely N-dealkylation sites (N-methyl/N-ethyl adjacent to an activating group) is 1. The SMILES string of the molecule is CC[C@@H](C(=O)NC)N(Cc1c(Cl)cccc1Cl)C(=O)COc1ccc(I)cc1. The highest BCUT2D eigenvalue weighted by Crippen LogP contribution is 2.27. The first kappa shape index (κ1) is 22.8. The Hall–Kier alpha value is -1.51. The fourth-order valence-corrected chi connectivity index (χ4v) is 3.58. The summed E-state index contributed by atoms with van der Waals surface area (Å²) in [5.74, 6) is -0.00393. The van der Waals surface area contributed by atoms with Gasteiger partial charge in [0, 0.05) is 32.8 Å². The summed E-state index contributed by atoms with van der Waals surface area (Å²) in [7, 11) is 1.54. The molecule has 0 unspecified atom stereocenters. The molecule has 5 nitrogen and oxygen atoms in total. The van der Waals surface area contributed by atoms with Crippen molar-refractivity contribution in [2.45, 2.75) is 25.9 Å². The summed E-state index contributed by atoms with van der Waals surface area (Å²) < 4.78 is 6.68. The van der Waals surface area contributed by atoms with Crippen LogP contribution in [-0.4, -0.2) is 36.4 Å². The van der Waals surface area contributed by atoms with E-state index in [1.807, 2.05) is 19.1 Å². The van der Waals surface area contributed by atoms with Gasteiger partial charge in [-0.25, -0.2) is 0 Å². The molecule has 2 aromatic rings. The lowest BCUT2D eigenvalue weighted by molar-refractivity contribution is -0.142. The first-order valence-corrected chi connectivity index (χ1v) is 10.5. The molecule has 1 atom stereocenters. The van der Waals surface area contributed by atoms with Crippen LogP contribution >= 0.6 is 45.8 Å².